The number of β-amino-alcohol motifs (C(OH)–C–C–N with tert-alkyl or cyclic N) is 1. The number of carbonyl (C=O) groups is 7. The van der Waals surface area contributed by atoms with E-state index in [1.54, 1.807) is 11.3 Å². The Morgan fingerprint density at radius 3 is 2.10 bits per heavy atom. The van der Waals surface area contributed by atoms with Crippen molar-refractivity contribution in [3.63, 3.8) is 0 Å². The number of piperazine rings is 1. The molecular weight excluding hydrogens is 1250 g/mol. The molecule has 5 heterocycles. The molecule has 93 heavy (non-hydrogen) atoms. The minimum absolute atomic E-state index is 0.00529. The van der Waals surface area contributed by atoms with Crippen LogP contribution in [0.5, 0.6) is 11.5 Å². The van der Waals surface area contributed by atoms with Gasteiger partial charge in [0.15, 0.2) is 11.5 Å². The van der Waals surface area contributed by atoms with Crippen LogP contribution in [-0.2, 0) is 50.4 Å². The van der Waals surface area contributed by atoms with E-state index in [-0.39, 0.29) is 30.5 Å². The second-order valence-electron chi connectivity index (χ2n) is 25.9. The Morgan fingerprint density at radius 2 is 1.43 bits per heavy atom. The zero-order valence-electron chi connectivity index (χ0n) is 52.1. The summed E-state index contributed by atoms with van der Waals surface area (Å²) in [4.78, 5) is 106. The number of hydrogen-bond acceptors (Lipinski definition) is 23. The second kappa shape index (κ2) is 31.2. The van der Waals surface area contributed by atoms with Crippen molar-refractivity contribution < 1.29 is 86.5 Å². The molecule has 512 valence electrons. The van der Waals surface area contributed by atoms with Crippen LogP contribution in [0.3, 0.4) is 0 Å². The van der Waals surface area contributed by atoms with Crippen molar-refractivity contribution in [3.05, 3.63) is 53.0 Å². The van der Waals surface area contributed by atoms with Crippen LogP contribution in [-0.4, -0.2) is 247 Å². The third-order valence-electron chi connectivity index (χ3n) is 18.9. The number of nitrogens with one attached hydrogen (secondary N) is 5. The summed E-state index contributed by atoms with van der Waals surface area (Å²) >= 11 is 1.56. The maximum absolute atomic E-state index is 14.7. The Bertz CT molecular complexity index is 3230. The molecule has 0 spiro atoms. The first kappa shape index (κ1) is 70.6. The van der Waals surface area contributed by atoms with E-state index in [4.69, 9.17) is 5.73 Å². The largest absolute Gasteiger partial charge is 0.504 e. The van der Waals surface area contributed by atoms with Crippen molar-refractivity contribution in [2.45, 2.75) is 176 Å². The molecule has 2 aromatic carbocycles. The Morgan fingerprint density at radius 1 is 0.763 bits per heavy atom. The standard InChI is InChI=1S/C61H88N12O18S2/c1-32-29-73-52(53(32)81)57(85)64-28-40(75)24-42(63-27-34-8-11-37(12-9-34)58-68-69-59(92-58)38-13-15-39(16-14-38)71-20-18-70(19-21-71)30-35-6-4-3-5-7-35)54(82)65-49(33(2)74)60(86)72-31-41(76)25-43(72)55(83)66-50(56(84)67-51(61(73)87)46(79)26-48(62)80)45(78)22-36-10-17-44(77)47(23-36)91-93(88,89)90/h10,13-17,23,32-35,37,40-43,45-46,49-53,63,74-79,81H,3-9,11-12,18-22,24-31H2,1-2H3,(H2,62,80)(H,64,85)(H,65,82)(H,66,83)(H,67,84)(H,88,89,90)/t32-,33+,34-,37-,40+,41?,42-,43-,45+,46+,49-,50-,51-,52-,53-/m0/s1. The number of phenolic OH excluding ortho intramolecular Hbond substituents is 1. The van der Waals surface area contributed by atoms with Gasteiger partial charge in [-0.2, -0.15) is 8.42 Å². The summed E-state index contributed by atoms with van der Waals surface area (Å²) in [5.41, 5.74) is 7.48. The van der Waals surface area contributed by atoms with Gasteiger partial charge in [0.2, 0.25) is 41.4 Å². The number of amides is 7. The highest BCUT2D eigenvalue weighted by Gasteiger charge is 2.50. The molecule has 4 saturated heterocycles. The highest BCUT2D eigenvalue weighted by molar-refractivity contribution is 7.81. The molecule has 6 fully saturated rings. The lowest BCUT2D eigenvalue weighted by atomic mass is 9.82. The first-order valence-electron chi connectivity index (χ1n) is 32.0. The first-order valence-corrected chi connectivity index (χ1v) is 34.2. The predicted molar refractivity (Wildman–Crippen MR) is 335 cm³/mol. The molecule has 13 atom stereocenters. The van der Waals surface area contributed by atoms with Gasteiger partial charge in [0.1, 0.15) is 40.2 Å². The highest BCUT2D eigenvalue weighted by Crippen LogP contribution is 2.39. The number of aromatic hydroxyl groups is 1. The molecule has 9 rings (SSSR count). The maximum atomic E-state index is 14.7. The van der Waals surface area contributed by atoms with Crippen LogP contribution in [0.25, 0.3) is 10.6 Å². The number of nitrogens with zero attached hydrogens (tertiary/aromatic N) is 6. The molecule has 4 aliphatic heterocycles. The van der Waals surface area contributed by atoms with E-state index in [0.717, 1.165) is 88.5 Å². The van der Waals surface area contributed by atoms with Gasteiger partial charge in [-0.25, -0.2) is 0 Å². The predicted octanol–water partition coefficient (Wildman–Crippen LogP) is -2.25. The Hall–Kier alpha value is -6.72. The van der Waals surface area contributed by atoms with Crippen molar-refractivity contribution in [1.29, 1.82) is 0 Å². The number of aromatic nitrogens is 2. The van der Waals surface area contributed by atoms with Gasteiger partial charge in [-0.05, 0) is 112 Å². The molecule has 2 aliphatic carbocycles. The van der Waals surface area contributed by atoms with Gasteiger partial charge in [-0.1, -0.05) is 43.6 Å². The number of carbonyl (C=O) groups excluding carboxylic acids is 7. The fourth-order valence-electron chi connectivity index (χ4n) is 13.7. The number of aliphatic hydroxyl groups is 6. The lowest BCUT2D eigenvalue weighted by Gasteiger charge is -2.38. The molecule has 15 N–H and O–H groups in total. The Kier molecular flexibility index (Phi) is 23.7. The van der Waals surface area contributed by atoms with E-state index in [1.165, 1.54) is 58.2 Å². The minimum atomic E-state index is -5.22. The van der Waals surface area contributed by atoms with Crippen molar-refractivity contribution in [2.24, 2.45) is 23.5 Å². The van der Waals surface area contributed by atoms with Crippen LogP contribution in [0, 0.1) is 17.8 Å². The summed E-state index contributed by atoms with van der Waals surface area (Å²) in [6, 6.07) is 0.331. The lowest BCUT2D eigenvalue weighted by Crippen LogP contribution is -2.64. The average Bonchev–Trinajstić information content (AvgIpc) is 1.74. The number of anilines is 1. The number of phenols is 1. The summed E-state index contributed by atoms with van der Waals surface area (Å²) in [6.07, 6.45) is -3.49. The fourth-order valence-corrected chi connectivity index (χ4v) is 15.1. The third-order valence-corrected chi connectivity index (χ3v) is 20.4. The Labute approximate surface area is 542 Å². The van der Waals surface area contributed by atoms with E-state index < -0.39 is 181 Å². The average molecular weight is 1340 g/mol. The fraction of sp³-hybridized carbons (Fsp3) is 0.656. The number of benzene rings is 2. The van der Waals surface area contributed by atoms with Crippen LogP contribution < -0.4 is 41.4 Å². The van der Waals surface area contributed by atoms with Crippen molar-refractivity contribution in [2.75, 3.05) is 63.8 Å². The van der Waals surface area contributed by atoms with E-state index >= 15 is 0 Å². The summed E-state index contributed by atoms with van der Waals surface area (Å²) in [5, 5.41) is 103. The van der Waals surface area contributed by atoms with E-state index in [1.807, 2.05) is 0 Å². The SMILES string of the molecule is C[C@@H](O)[C@@H]1NC(=O)[C@@H](NC[C@H]2CC[C@H](c3nnc(-c4ccc(N5CCN(CC6CCCCC6)CC5)cc4)s3)CC2)C[C@@H](O)CNC(=O)[C@@H]2[C@@H](O)[C@@H](C)CN2C(=O)[C@H]([C@H](O)CC(N)=O)NC(=O)[C@H]([C@H](O)Cc2ccc(O)c(OS(=O)(=O)O)c2)NC(=O)[C@@H]2CC(O)CN2C1=O. The van der Waals surface area contributed by atoms with Crippen LogP contribution in [0.1, 0.15) is 107 Å². The molecule has 0 bridgehead atoms. The monoisotopic (exact) mass is 1340 g/mol. The molecule has 0 radical (unpaired) electrons. The summed E-state index contributed by atoms with van der Waals surface area (Å²) in [5.74, 6) is -9.63. The van der Waals surface area contributed by atoms with Gasteiger partial charge >= 0.3 is 10.4 Å². The number of nitrogens with two attached hydrogens (primary N) is 1. The number of primary amides is 1. The van der Waals surface area contributed by atoms with Gasteiger partial charge in [-0.3, -0.25) is 43.0 Å². The minimum Gasteiger partial charge on any atom is -0.504 e. The molecule has 30 nitrogen and oxygen atoms in total. The zero-order valence-corrected chi connectivity index (χ0v) is 53.7. The molecule has 6 aliphatic rings. The second-order valence-corrected chi connectivity index (χ2v) is 27.9. The number of aliphatic hydroxyl groups excluding tert-OH is 6. The topological polar surface area (TPSA) is 450 Å². The van der Waals surface area contributed by atoms with Crippen LogP contribution in [0.4, 0.5) is 5.69 Å². The van der Waals surface area contributed by atoms with Crippen molar-refractivity contribution in [3.8, 4) is 22.1 Å². The lowest BCUT2D eigenvalue weighted by molar-refractivity contribution is -0.147. The number of rotatable bonds is 17. The zero-order chi connectivity index (χ0) is 67.0. The molecular formula is C61H88N12O18S2. The Balaban J connectivity index is 0.914. The van der Waals surface area contributed by atoms with Crippen molar-refractivity contribution in [1.82, 2.24) is 51.5 Å². The van der Waals surface area contributed by atoms with Gasteiger partial charge in [0.05, 0.1) is 49.1 Å². The van der Waals surface area contributed by atoms with E-state index in [9.17, 15) is 82.3 Å². The first-order chi connectivity index (χ1) is 44.2. The van der Waals surface area contributed by atoms with Gasteiger partial charge in [0, 0.05) is 88.3 Å². The summed E-state index contributed by atoms with van der Waals surface area (Å²) in [7, 11) is -5.22. The van der Waals surface area contributed by atoms with Gasteiger partial charge in [-0.15, -0.1) is 10.2 Å². The smallest absolute Gasteiger partial charge is 0.446 e. The van der Waals surface area contributed by atoms with Crippen LogP contribution >= 0.6 is 11.3 Å². The van der Waals surface area contributed by atoms with Crippen LogP contribution in [0.15, 0.2) is 42.5 Å². The molecule has 1 unspecified atom stereocenters. The molecule has 1 aromatic heterocycles. The third kappa shape index (κ3) is 18.2. The highest BCUT2D eigenvalue weighted by atomic mass is 32.3. The molecule has 2 saturated carbocycles. The van der Waals surface area contributed by atoms with Crippen LogP contribution in [0.2, 0.25) is 0 Å². The molecule has 3 aromatic rings. The van der Waals surface area contributed by atoms with E-state index in [2.05, 4.69) is 75.0 Å². The van der Waals surface area contributed by atoms with E-state index in [0.29, 0.717) is 12.8 Å². The molecule has 7 amide bonds. The summed E-state index contributed by atoms with van der Waals surface area (Å²) < 4.78 is 36.9. The van der Waals surface area contributed by atoms with Gasteiger partial charge < -0.3 is 86.9 Å². The quantitative estimate of drug-likeness (QED) is 0.0635. The number of fused-ring (bicyclic) bond motifs is 2. The number of hydrogen-bond donors (Lipinski definition) is 14. The normalized spacial score (nSPS) is 29.8. The summed E-state index contributed by atoms with van der Waals surface area (Å²) in [6.45, 7) is 6.69. The maximum Gasteiger partial charge on any atom is 0.446 e. The molecule has 32 heteroatoms. The van der Waals surface area contributed by atoms with Gasteiger partial charge in [0.25, 0.3) is 0 Å². The van der Waals surface area contributed by atoms with Crippen molar-refractivity contribution >= 4 is 68.8 Å².